The summed E-state index contributed by atoms with van der Waals surface area (Å²) in [4.78, 5) is 20.5. The number of hydrogen-bond donors (Lipinski definition) is 2. The van der Waals surface area contributed by atoms with Crippen LogP contribution in [0.4, 0.5) is 23.1 Å². The number of aryl methyl sites for hydroxylation is 1. The smallest absolute Gasteiger partial charge is 0.337 e. The van der Waals surface area contributed by atoms with Crippen LogP contribution in [0.1, 0.15) is 16.1 Å². The highest BCUT2D eigenvalue weighted by Crippen LogP contribution is 2.21. The Hall–Kier alpha value is -3.12. The second-order valence-corrected chi connectivity index (χ2v) is 5.98. The summed E-state index contributed by atoms with van der Waals surface area (Å²) in [6, 6.07) is 16.1. The molecule has 0 unspecified atom stereocenters. The van der Waals surface area contributed by atoms with Gasteiger partial charge in [-0.05, 0) is 49.4 Å². The standard InChI is InChI=1S/C19H17ClN4O2/c1-12-10-17(22-16-5-3-4-13(11-16)18(25)26-2)24-19(21-12)23-15-8-6-14(20)7-9-15/h3-11H,1-2H3,(H2,21,22,23,24). The average molecular weight is 369 g/mol. The average Bonchev–Trinajstić information content (AvgIpc) is 2.63. The molecule has 0 bridgehead atoms. The molecule has 3 rings (SSSR count). The van der Waals surface area contributed by atoms with Crippen LogP contribution in [0.15, 0.2) is 54.6 Å². The van der Waals surface area contributed by atoms with E-state index < -0.39 is 5.97 Å². The summed E-state index contributed by atoms with van der Waals surface area (Å²) in [6.07, 6.45) is 0. The van der Waals surface area contributed by atoms with E-state index in [-0.39, 0.29) is 0 Å². The summed E-state index contributed by atoms with van der Waals surface area (Å²) in [5.74, 6) is 0.674. The van der Waals surface area contributed by atoms with Crippen LogP contribution in [0, 0.1) is 6.92 Å². The van der Waals surface area contributed by atoms with Gasteiger partial charge in [0.2, 0.25) is 5.95 Å². The highest BCUT2D eigenvalue weighted by molar-refractivity contribution is 6.30. The summed E-state index contributed by atoms with van der Waals surface area (Å²) in [5, 5.41) is 6.98. The van der Waals surface area contributed by atoms with Crippen molar-refractivity contribution in [1.29, 1.82) is 0 Å². The molecule has 0 aliphatic heterocycles. The second kappa shape index (κ2) is 7.84. The summed E-state index contributed by atoms with van der Waals surface area (Å²) >= 11 is 5.90. The number of halogens is 1. The highest BCUT2D eigenvalue weighted by atomic mass is 35.5. The van der Waals surface area contributed by atoms with Gasteiger partial charge in [0.1, 0.15) is 5.82 Å². The van der Waals surface area contributed by atoms with Gasteiger partial charge in [-0.2, -0.15) is 4.98 Å². The molecule has 3 aromatic rings. The topological polar surface area (TPSA) is 76.1 Å². The van der Waals surface area contributed by atoms with Gasteiger partial charge in [-0.15, -0.1) is 0 Å². The third-order valence-corrected chi connectivity index (χ3v) is 3.76. The van der Waals surface area contributed by atoms with E-state index >= 15 is 0 Å². The van der Waals surface area contributed by atoms with Crippen LogP contribution >= 0.6 is 11.6 Å². The second-order valence-electron chi connectivity index (χ2n) is 5.55. The van der Waals surface area contributed by atoms with Crippen molar-refractivity contribution in [3.63, 3.8) is 0 Å². The first-order chi connectivity index (χ1) is 12.5. The van der Waals surface area contributed by atoms with E-state index in [4.69, 9.17) is 16.3 Å². The first-order valence-corrected chi connectivity index (χ1v) is 8.25. The molecule has 2 aromatic carbocycles. The zero-order valence-corrected chi connectivity index (χ0v) is 15.0. The number of anilines is 4. The number of nitrogens with zero attached hydrogens (tertiary/aromatic N) is 2. The zero-order valence-electron chi connectivity index (χ0n) is 14.3. The molecule has 1 heterocycles. The molecule has 0 amide bonds. The van der Waals surface area contributed by atoms with Crippen LogP contribution in [0.2, 0.25) is 5.02 Å². The minimum Gasteiger partial charge on any atom is -0.465 e. The molecule has 0 spiro atoms. The molecule has 0 atom stereocenters. The zero-order chi connectivity index (χ0) is 18.5. The minimum absolute atomic E-state index is 0.391. The van der Waals surface area contributed by atoms with Crippen molar-refractivity contribution in [3.05, 3.63) is 70.9 Å². The number of carbonyl (C=O) groups is 1. The monoisotopic (exact) mass is 368 g/mol. The van der Waals surface area contributed by atoms with Crippen LogP contribution in [0.25, 0.3) is 0 Å². The lowest BCUT2D eigenvalue weighted by Crippen LogP contribution is -2.04. The number of hydrogen-bond acceptors (Lipinski definition) is 6. The van der Waals surface area contributed by atoms with Crippen molar-refractivity contribution >= 4 is 40.7 Å². The fourth-order valence-electron chi connectivity index (χ4n) is 2.34. The Balaban J connectivity index is 1.81. The number of aromatic nitrogens is 2. The fraction of sp³-hybridized carbons (Fsp3) is 0.105. The molecule has 0 aliphatic rings. The van der Waals surface area contributed by atoms with E-state index in [2.05, 4.69) is 20.6 Å². The van der Waals surface area contributed by atoms with E-state index in [1.807, 2.05) is 31.2 Å². The first kappa shape index (κ1) is 17.7. The first-order valence-electron chi connectivity index (χ1n) is 7.87. The molecule has 6 nitrogen and oxygen atoms in total. The van der Waals surface area contributed by atoms with E-state index in [1.165, 1.54) is 7.11 Å². The molecule has 0 saturated heterocycles. The molecule has 7 heteroatoms. The van der Waals surface area contributed by atoms with Gasteiger partial charge in [-0.25, -0.2) is 9.78 Å². The maximum absolute atomic E-state index is 11.7. The van der Waals surface area contributed by atoms with Crippen LogP contribution < -0.4 is 10.6 Å². The number of benzene rings is 2. The van der Waals surface area contributed by atoms with Crippen molar-refractivity contribution in [3.8, 4) is 0 Å². The number of esters is 1. The molecule has 0 radical (unpaired) electrons. The Kier molecular flexibility index (Phi) is 5.34. The Morgan fingerprint density at radius 2 is 1.77 bits per heavy atom. The normalized spacial score (nSPS) is 10.3. The summed E-state index contributed by atoms with van der Waals surface area (Å²) in [6.45, 7) is 1.88. The lowest BCUT2D eigenvalue weighted by Gasteiger charge is -2.11. The molecule has 0 fully saturated rings. The maximum atomic E-state index is 11.7. The number of carbonyl (C=O) groups excluding carboxylic acids is 1. The van der Waals surface area contributed by atoms with Gasteiger partial charge < -0.3 is 15.4 Å². The van der Waals surface area contributed by atoms with Crippen molar-refractivity contribution in [2.24, 2.45) is 0 Å². The molecule has 132 valence electrons. The van der Waals surface area contributed by atoms with Gasteiger partial charge in [0, 0.05) is 28.2 Å². The SMILES string of the molecule is COC(=O)c1cccc(Nc2cc(C)nc(Nc3ccc(Cl)cc3)n2)c1. The number of ether oxygens (including phenoxy) is 1. The maximum Gasteiger partial charge on any atom is 0.337 e. The number of nitrogens with one attached hydrogen (secondary N) is 2. The van der Waals surface area contributed by atoms with Crippen LogP contribution in [0.3, 0.4) is 0 Å². The lowest BCUT2D eigenvalue weighted by molar-refractivity contribution is 0.0601. The van der Waals surface area contributed by atoms with Gasteiger partial charge in [0.15, 0.2) is 0 Å². The van der Waals surface area contributed by atoms with Gasteiger partial charge in [-0.3, -0.25) is 0 Å². The van der Waals surface area contributed by atoms with Crippen molar-refractivity contribution in [2.75, 3.05) is 17.7 Å². The molecule has 2 N–H and O–H groups in total. The van der Waals surface area contributed by atoms with Crippen molar-refractivity contribution in [1.82, 2.24) is 9.97 Å². The Labute approximate surface area is 156 Å². The van der Waals surface area contributed by atoms with Gasteiger partial charge >= 0.3 is 5.97 Å². The number of methoxy groups -OCH3 is 1. The molecular weight excluding hydrogens is 352 g/mol. The minimum atomic E-state index is -0.391. The molecule has 0 saturated carbocycles. The third-order valence-electron chi connectivity index (χ3n) is 3.51. The Morgan fingerprint density at radius 3 is 2.50 bits per heavy atom. The van der Waals surface area contributed by atoms with Gasteiger partial charge in [0.05, 0.1) is 12.7 Å². The quantitative estimate of drug-likeness (QED) is 0.635. The van der Waals surface area contributed by atoms with Crippen molar-refractivity contribution in [2.45, 2.75) is 6.92 Å². The fourth-order valence-corrected chi connectivity index (χ4v) is 2.47. The predicted molar refractivity (Wildman–Crippen MR) is 103 cm³/mol. The molecular formula is C19H17ClN4O2. The third kappa shape index (κ3) is 4.49. The van der Waals surface area contributed by atoms with Crippen LogP contribution in [-0.4, -0.2) is 23.0 Å². The van der Waals surface area contributed by atoms with Gasteiger partial charge in [-0.1, -0.05) is 17.7 Å². The molecule has 1 aromatic heterocycles. The Morgan fingerprint density at radius 1 is 1.00 bits per heavy atom. The van der Waals surface area contributed by atoms with Crippen LogP contribution in [-0.2, 0) is 4.74 Å². The van der Waals surface area contributed by atoms with E-state index in [0.29, 0.717) is 22.4 Å². The highest BCUT2D eigenvalue weighted by Gasteiger charge is 2.07. The molecule has 0 aliphatic carbocycles. The summed E-state index contributed by atoms with van der Waals surface area (Å²) in [5.41, 5.74) is 2.81. The van der Waals surface area contributed by atoms with E-state index in [1.54, 1.807) is 30.3 Å². The summed E-state index contributed by atoms with van der Waals surface area (Å²) < 4.78 is 4.74. The lowest BCUT2D eigenvalue weighted by atomic mass is 10.2. The predicted octanol–water partition coefficient (Wildman–Crippen LogP) is 4.71. The Bertz CT molecular complexity index is 929. The summed E-state index contributed by atoms with van der Waals surface area (Å²) in [7, 11) is 1.35. The van der Waals surface area contributed by atoms with E-state index in [0.717, 1.165) is 17.1 Å². The largest absolute Gasteiger partial charge is 0.465 e. The number of rotatable bonds is 5. The van der Waals surface area contributed by atoms with Crippen LogP contribution in [0.5, 0.6) is 0 Å². The molecule has 26 heavy (non-hydrogen) atoms. The van der Waals surface area contributed by atoms with Crippen molar-refractivity contribution < 1.29 is 9.53 Å². The van der Waals surface area contributed by atoms with E-state index in [9.17, 15) is 4.79 Å². The van der Waals surface area contributed by atoms with Gasteiger partial charge in [0.25, 0.3) is 0 Å².